The van der Waals surface area contributed by atoms with Crippen molar-refractivity contribution in [3.63, 3.8) is 0 Å². The first-order valence-corrected chi connectivity index (χ1v) is 6.70. The Bertz CT molecular complexity index is 841. The van der Waals surface area contributed by atoms with E-state index in [9.17, 15) is 14.9 Å². The summed E-state index contributed by atoms with van der Waals surface area (Å²) in [5.74, 6) is -0.133. The SMILES string of the molecule is O=C(Oc1ccccc1)c1cn[nH]c1-c1ccc([N+](=O)[O-])cc1. The zero-order chi connectivity index (χ0) is 16.2. The van der Waals surface area contributed by atoms with Gasteiger partial charge in [-0.3, -0.25) is 15.2 Å². The van der Waals surface area contributed by atoms with Crippen LogP contribution in [0, 0.1) is 10.1 Å². The van der Waals surface area contributed by atoms with Gasteiger partial charge in [0.2, 0.25) is 0 Å². The van der Waals surface area contributed by atoms with Crippen molar-refractivity contribution in [2.75, 3.05) is 0 Å². The number of H-pyrrole nitrogens is 1. The largest absolute Gasteiger partial charge is 0.423 e. The van der Waals surface area contributed by atoms with Crippen molar-refractivity contribution in [2.45, 2.75) is 0 Å². The van der Waals surface area contributed by atoms with E-state index in [4.69, 9.17) is 4.74 Å². The maximum Gasteiger partial charge on any atom is 0.347 e. The van der Waals surface area contributed by atoms with E-state index in [1.807, 2.05) is 6.07 Å². The Labute approximate surface area is 130 Å². The maximum atomic E-state index is 12.3. The number of nitrogens with one attached hydrogen (secondary N) is 1. The topological polar surface area (TPSA) is 98.1 Å². The predicted molar refractivity (Wildman–Crippen MR) is 82.1 cm³/mol. The Kier molecular flexibility index (Phi) is 3.84. The molecule has 0 bridgehead atoms. The lowest BCUT2D eigenvalue weighted by molar-refractivity contribution is -0.384. The summed E-state index contributed by atoms with van der Waals surface area (Å²) >= 11 is 0. The van der Waals surface area contributed by atoms with E-state index in [1.54, 1.807) is 36.4 Å². The van der Waals surface area contributed by atoms with E-state index in [0.717, 1.165) is 0 Å². The van der Waals surface area contributed by atoms with Gasteiger partial charge in [0.25, 0.3) is 5.69 Å². The van der Waals surface area contributed by atoms with Crippen LogP contribution in [0.25, 0.3) is 11.3 Å². The Morgan fingerprint density at radius 3 is 2.43 bits per heavy atom. The summed E-state index contributed by atoms with van der Waals surface area (Å²) in [6, 6.07) is 14.5. The Morgan fingerprint density at radius 2 is 1.78 bits per heavy atom. The van der Waals surface area contributed by atoms with E-state index >= 15 is 0 Å². The van der Waals surface area contributed by atoms with Crippen molar-refractivity contribution < 1.29 is 14.5 Å². The lowest BCUT2D eigenvalue weighted by Crippen LogP contribution is -2.08. The molecule has 0 aliphatic heterocycles. The molecule has 0 radical (unpaired) electrons. The van der Waals surface area contributed by atoms with Crippen molar-refractivity contribution in [3.05, 3.63) is 76.5 Å². The zero-order valence-corrected chi connectivity index (χ0v) is 11.8. The predicted octanol–water partition coefficient (Wildman–Crippen LogP) is 3.20. The van der Waals surface area contributed by atoms with E-state index in [-0.39, 0.29) is 11.3 Å². The molecule has 0 spiro atoms. The van der Waals surface area contributed by atoms with Gasteiger partial charge in [-0.15, -0.1) is 0 Å². The highest BCUT2D eigenvalue weighted by Crippen LogP contribution is 2.24. The Morgan fingerprint density at radius 1 is 1.09 bits per heavy atom. The van der Waals surface area contributed by atoms with Crippen molar-refractivity contribution in [2.24, 2.45) is 0 Å². The third kappa shape index (κ3) is 3.08. The van der Waals surface area contributed by atoms with Crippen LogP contribution in [0.5, 0.6) is 5.75 Å². The number of nitro groups is 1. The molecule has 1 aromatic heterocycles. The highest BCUT2D eigenvalue weighted by Gasteiger charge is 2.18. The second kappa shape index (κ2) is 6.10. The molecule has 114 valence electrons. The molecule has 3 rings (SSSR count). The first-order chi connectivity index (χ1) is 11.1. The smallest absolute Gasteiger partial charge is 0.347 e. The molecule has 3 aromatic rings. The number of aromatic amines is 1. The lowest BCUT2D eigenvalue weighted by atomic mass is 10.1. The molecule has 0 fully saturated rings. The first-order valence-electron chi connectivity index (χ1n) is 6.70. The van der Waals surface area contributed by atoms with Crippen LogP contribution < -0.4 is 4.74 Å². The molecule has 0 unspecified atom stereocenters. The average Bonchev–Trinajstić information content (AvgIpc) is 3.05. The quantitative estimate of drug-likeness (QED) is 0.345. The normalized spacial score (nSPS) is 10.3. The third-order valence-corrected chi connectivity index (χ3v) is 3.18. The fourth-order valence-electron chi connectivity index (χ4n) is 2.06. The molecule has 1 N–H and O–H groups in total. The van der Waals surface area contributed by atoms with Gasteiger partial charge in [-0.05, 0) is 24.3 Å². The number of hydrogen-bond donors (Lipinski definition) is 1. The number of non-ortho nitro benzene ring substituents is 1. The van der Waals surface area contributed by atoms with Crippen LogP contribution in [-0.2, 0) is 0 Å². The van der Waals surface area contributed by atoms with Gasteiger partial charge in [0.1, 0.15) is 11.3 Å². The Balaban J connectivity index is 1.87. The molecule has 2 aromatic carbocycles. The minimum absolute atomic E-state index is 0.0262. The molecule has 23 heavy (non-hydrogen) atoms. The highest BCUT2D eigenvalue weighted by atomic mass is 16.6. The monoisotopic (exact) mass is 309 g/mol. The van der Waals surface area contributed by atoms with Crippen molar-refractivity contribution in [3.8, 4) is 17.0 Å². The Hall–Kier alpha value is -3.48. The molecular formula is C16H11N3O4. The van der Waals surface area contributed by atoms with Gasteiger partial charge < -0.3 is 4.74 Å². The number of nitrogens with zero attached hydrogens (tertiary/aromatic N) is 2. The fourth-order valence-corrected chi connectivity index (χ4v) is 2.06. The standard InChI is InChI=1S/C16H11N3O4/c20-16(23-13-4-2-1-3-5-13)14-10-17-18-15(14)11-6-8-12(9-7-11)19(21)22/h1-10H,(H,17,18). The summed E-state index contributed by atoms with van der Waals surface area (Å²) in [4.78, 5) is 22.5. The molecule has 7 nitrogen and oxygen atoms in total. The van der Waals surface area contributed by atoms with Crippen LogP contribution in [0.3, 0.4) is 0 Å². The summed E-state index contributed by atoms with van der Waals surface area (Å²) in [6.07, 6.45) is 1.36. The van der Waals surface area contributed by atoms with Crippen molar-refractivity contribution in [1.29, 1.82) is 0 Å². The number of carbonyl (C=O) groups excluding carboxylic acids is 1. The lowest BCUT2D eigenvalue weighted by Gasteiger charge is -2.05. The summed E-state index contributed by atoms with van der Waals surface area (Å²) in [6.45, 7) is 0. The highest BCUT2D eigenvalue weighted by molar-refractivity contribution is 5.97. The van der Waals surface area contributed by atoms with E-state index in [1.165, 1.54) is 18.3 Å². The minimum Gasteiger partial charge on any atom is -0.423 e. The maximum absolute atomic E-state index is 12.3. The molecule has 0 aliphatic rings. The van der Waals surface area contributed by atoms with Crippen LogP contribution in [0.1, 0.15) is 10.4 Å². The molecule has 0 atom stereocenters. The van der Waals surface area contributed by atoms with Crippen molar-refractivity contribution >= 4 is 11.7 Å². The van der Waals surface area contributed by atoms with Gasteiger partial charge in [0.15, 0.2) is 0 Å². The molecule has 0 saturated carbocycles. The second-order valence-corrected chi connectivity index (χ2v) is 4.67. The van der Waals surface area contributed by atoms with Crippen LogP contribution >= 0.6 is 0 Å². The number of esters is 1. The molecule has 7 heteroatoms. The molecule has 1 heterocycles. The van der Waals surface area contributed by atoms with E-state index in [0.29, 0.717) is 17.0 Å². The molecule has 0 amide bonds. The minimum atomic E-state index is -0.557. The number of benzene rings is 2. The third-order valence-electron chi connectivity index (χ3n) is 3.18. The van der Waals surface area contributed by atoms with Gasteiger partial charge in [-0.25, -0.2) is 4.79 Å². The average molecular weight is 309 g/mol. The number of aromatic nitrogens is 2. The van der Waals surface area contributed by atoms with Crippen LogP contribution in [-0.4, -0.2) is 21.1 Å². The number of rotatable bonds is 4. The number of para-hydroxylation sites is 1. The van der Waals surface area contributed by atoms with Gasteiger partial charge in [-0.1, -0.05) is 18.2 Å². The summed E-state index contributed by atoms with van der Waals surface area (Å²) in [5.41, 5.74) is 1.28. The summed E-state index contributed by atoms with van der Waals surface area (Å²) in [5, 5.41) is 17.3. The van der Waals surface area contributed by atoms with Crippen LogP contribution in [0.15, 0.2) is 60.8 Å². The summed E-state index contributed by atoms with van der Waals surface area (Å²) < 4.78 is 5.28. The molecule has 0 aliphatic carbocycles. The number of hydrogen-bond acceptors (Lipinski definition) is 5. The van der Waals surface area contributed by atoms with Gasteiger partial charge in [0, 0.05) is 17.7 Å². The number of carbonyl (C=O) groups is 1. The molecular weight excluding hydrogens is 298 g/mol. The van der Waals surface area contributed by atoms with Gasteiger partial charge in [0.05, 0.1) is 16.8 Å². The zero-order valence-electron chi connectivity index (χ0n) is 11.8. The number of nitro benzene ring substituents is 1. The second-order valence-electron chi connectivity index (χ2n) is 4.67. The van der Waals surface area contributed by atoms with Gasteiger partial charge in [-0.2, -0.15) is 5.10 Å². The van der Waals surface area contributed by atoms with E-state index in [2.05, 4.69) is 10.2 Å². The van der Waals surface area contributed by atoms with Crippen LogP contribution in [0.4, 0.5) is 5.69 Å². The summed E-state index contributed by atoms with van der Waals surface area (Å²) in [7, 11) is 0. The van der Waals surface area contributed by atoms with Crippen molar-refractivity contribution in [1.82, 2.24) is 10.2 Å². The number of ether oxygens (including phenoxy) is 1. The first kappa shape index (κ1) is 14.5. The van der Waals surface area contributed by atoms with Gasteiger partial charge >= 0.3 is 5.97 Å². The fraction of sp³-hybridized carbons (Fsp3) is 0. The van der Waals surface area contributed by atoms with Crippen LogP contribution in [0.2, 0.25) is 0 Å². The molecule has 0 saturated heterocycles. The van der Waals surface area contributed by atoms with E-state index < -0.39 is 10.9 Å².